The summed E-state index contributed by atoms with van der Waals surface area (Å²) in [6, 6.07) is 7.77. The van der Waals surface area contributed by atoms with Crippen LogP contribution in [0.1, 0.15) is 83.7 Å². The van der Waals surface area contributed by atoms with Crippen LogP contribution in [0.2, 0.25) is 0 Å². The highest BCUT2D eigenvalue weighted by molar-refractivity contribution is 5.97. The smallest absolute Gasteiger partial charge is 0.407 e. The molecule has 4 nitrogen and oxygen atoms in total. The average molecular weight is 364 g/mol. The molecular formula is C22H37NO3. The SMILES string of the molecule is CCC.CCC(C)C(=O)c1cccc(CCCNC(=O)OC(C)(C)C)c1. The lowest BCUT2D eigenvalue weighted by atomic mass is 9.95. The Kier molecular flexibility index (Phi) is 11.6. The first-order valence-electron chi connectivity index (χ1n) is 9.74. The van der Waals surface area contributed by atoms with Crippen LogP contribution in [-0.2, 0) is 11.2 Å². The molecule has 1 N–H and O–H groups in total. The highest BCUT2D eigenvalue weighted by Gasteiger charge is 2.15. The molecule has 0 aliphatic rings. The molecule has 0 aliphatic carbocycles. The van der Waals surface area contributed by atoms with Crippen LogP contribution in [0.4, 0.5) is 4.79 Å². The zero-order valence-electron chi connectivity index (χ0n) is 17.6. The summed E-state index contributed by atoms with van der Waals surface area (Å²) in [4.78, 5) is 23.7. The maximum atomic E-state index is 12.2. The van der Waals surface area contributed by atoms with Crippen LogP contribution in [-0.4, -0.2) is 24.0 Å². The topological polar surface area (TPSA) is 55.4 Å². The summed E-state index contributed by atoms with van der Waals surface area (Å²) >= 11 is 0. The number of rotatable bonds is 7. The van der Waals surface area contributed by atoms with E-state index >= 15 is 0 Å². The quantitative estimate of drug-likeness (QED) is 0.493. The van der Waals surface area contributed by atoms with Gasteiger partial charge in [-0.05, 0) is 51.7 Å². The summed E-state index contributed by atoms with van der Waals surface area (Å²) in [6.45, 7) is 14.3. The fourth-order valence-electron chi connectivity index (χ4n) is 2.15. The van der Waals surface area contributed by atoms with Crippen molar-refractivity contribution >= 4 is 11.9 Å². The second-order valence-corrected chi connectivity index (χ2v) is 7.61. The first-order chi connectivity index (χ1) is 12.1. The van der Waals surface area contributed by atoms with Crippen LogP contribution in [0.3, 0.4) is 0 Å². The third-order valence-corrected chi connectivity index (χ3v) is 3.58. The van der Waals surface area contributed by atoms with Gasteiger partial charge in [-0.1, -0.05) is 52.3 Å². The van der Waals surface area contributed by atoms with Crippen LogP contribution in [0, 0.1) is 5.92 Å². The van der Waals surface area contributed by atoms with Gasteiger partial charge in [0.05, 0.1) is 0 Å². The number of ether oxygens (including phenoxy) is 1. The molecule has 0 spiro atoms. The zero-order chi connectivity index (χ0) is 20.2. The number of amides is 1. The van der Waals surface area contributed by atoms with Crippen LogP contribution in [0.15, 0.2) is 24.3 Å². The van der Waals surface area contributed by atoms with E-state index in [9.17, 15) is 9.59 Å². The third-order valence-electron chi connectivity index (χ3n) is 3.58. The molecule has 0 radical (unpaired) electrons. The van der Waals surface area contributed by atoms with E-state index in [0.29, 0.717) is 6.54 Å². The van der Waals surface area contributed by atoms with Crippen molar-refractivity contribution in [2.75, 3.05) is 6.54 Å². The van der Waals surface area contributed by atoms with Gasteiger partial charge >= 0.3 is 6.09 Å². The summed E-state index contributed by atoms with van der Waals surface area (Å²) in [5, 5.41) is 2.75. The lowest BCUT2D eigenvalue weighted by Gasteiger charge is -2.19. The van der Waals surface area contributed by atoms with Gasteiger partial charge in [0.1, 0.15) is 5.60 Å². The second kappa shape index (κ2) is 12.5. The maximum absolute atomic E-state index is 12.2. The predicted octanol–water partition coefficient (Wildman–Crippen LogP) is 5.79. The lowest BCUT2D eigenvalue weighted by Crippen LogP contribution is -2.33. The highest BCUT2D eigenvalue weighted by Crippen LogP contribution is 2.14. The first kappa shape index (κ1) is 24.2. The van der Waals surface area contributed by atoms with Crippen LogP contribution in [0.25, 0.3) is 0 Å². The summed E-state index contributed by atoms with van der Waals surface area (Å²) in [5.74, 6) is 0.250. The van der Waals surface area contributed by atoms with E-state index in [1.165, 1.54) is 6.42 Å². The van der Waals surface area contributed by atoms with Gasteiger partial charge in [-0.2, -0.15) is 0 Å². The normalized spacial score (nSPS) is 11.8. The van der Waals surface area contributed by atoms with Gasteiger partial charge < -0.3 is 10.1 Å². The van der Waals surface area contributed by atoms with Crippen LogP contribution >= 0.6 is 0 Å². The molecule has 1 rings (SSSR count). The Bertz CT molecular complexity index is 547. The van der Waals surface area contributed by atoms with E-state index in [1.807, 2.05) is 58.9 Å². The van der Waals surface area contributed by atoms with E-state index in [2.05, 4.69) is 19.2 Å². The molecule has 0 bridgehead atoms. The van der Waals surface area contributed by atoms with E-state index in [-0.39, 0.29) is 11.7 Å². The minimum absolute atomic E-state index is 0.0547. The van der Waals surface area contributed by atoms with Gasteiger partial charge in [-0.25, -0.2) is 4.79 Å². The minimum Gasteiger partial charge on any atom is -0.444 e. The molecule has 0 saturated heterocycles. The zero-order valence-corrected chi connectivity index (χ0v) is 17.6. The van der Waals surface area contributed by atoms with Crippen molar-refractivity contribution in [3.63, 3.8) is 0 Å². The van der Waals surface area contributed by atoms with Gasteiger partial charge in [0, 0.05) is 18.0 Å². The predicted molar refractivity (Wildman–Crippen MR) is 109 cm³/mol. The van der Waals surface area contributed by atoms with Crippen molar-refractivity contribution in [3.05, 3.63) is 35.4 Å². The Morgan fingerprint density at radius 1 is 1.15 bits per heavy atom. The molecule has 1 aromatic carbocycles. The highest BCUT2D eigenvalue weighted by atomic mass is 16.6. The summed E-state index contributed by atoms with van der Waals surface area (Å²) in [5.41, 5.74) is 1.41. The van der Waals surface area contributed by atoms with Gasteiger partial charge in [-0.3, -0.25) is 4.79 Å². The molecule has 1 amide bonds. The third kappa shape index (κ3) is 10.9. The Balaban J connectivity index is 0.00000194. The molecule has 0 aromatic heterocycles. The standard InChI is InChI=1S/C19H29NO3.C3H8/c1-6-14(2)17(21)16-11-7-9-15(13-16)10-8-12-20-18(22)23-19(3,4)5;1-3-2/h7,9,11,13-14H,6,8,10,12H2,1-5H3,(H,20,22);3H2,1-2H3. The summed E-state index contributed by atoms with van der Waals surface area (Å²) < 4.78 is 5.18. The maximum Gasteiger partial charge on any atom is 0.407 e. The van der Waals surface area contributed by atoms with E-state index in [0.717, 1.165) is 30.4 Å². The fourth-order valence-corrected chi connectivity index (χ4v) is 2.15. The first-order valence-corrected chi connectivity index (χ1v) is 9.74. The van der Waals surface area contributed by atoms with E-state index in [1.54, 1.807) is 0 Å². The average Bonchev–Trinajstić information content (AvgIpc) is 2.57. The van der Waals surface area contributed by atoms with Crippen LogP contribution < -0.4 is 5.32 Å². The molecule has 26 heavy (non-hydrogen) atoms. The van der Waals surface area contributed by atoms with Crippen molar-refractivity contribution in [3.8, 4) is 0 Å². The monoisotopic (exact) mass is 363 g/mol. The van der Waals surface area contributed by atoms with Gasteiger partial charge in [0.15, 0.2) is 5.78 Å². The Morgan fingerprint density at radius 2 is 1.77 bits per heavy atom. The molecule has 0 aliphatic heterocycles. The number of benzene rings is 1. The van der Waals surface area contributed by atoms with E-state index < -0.39 is 11.7 Å². The number of hydrogen-bond donors (Lipinski definition) is 1. The van der Waals surface area contributed by atoms with E-state index in [4.69, 9.17) is 4.74 Å². The molecule has 0 saturated carbocycles. The fraction of sp³-hybridized carbons (Fsp3) is 0.636. The molecule has 1 aromatic rings. The summed E-state index contributed by atoms with van der Waals surface area (Å²) in [6.07, 6.45) is 3.33. The van der Waals surface area contributed by atoms with Gasteiger partial charge in [0.2, 0.25) is 0 Å². The van der Waals surface area contributed by atoms with Crippen molar-refractivity contribution in [2.45, 2.75) is 79.8 Å². The molecule has 0 fully saturated rings. The number of ketones is 1. The van der Waals surface area contributed by atoms with Crippen LogP contribution in [0.5, 0.6) is 0 Å². The number of carbonyl (C=O) groups excluding carboxylic acids is 2. The molecule has 0 heterocycles. The Labute approximate surface area is 159 Å². The van der Waals surface area contributed by atoms with Gasteiger partial charge in [0.25, 0.3) is 0 Å². The number of Topliss-reactive ketones (excluding diaryl/α,β-unsaturated/α-hetero) is 1. The minimum atomic E-state index is -0.477. The molecule has 1 unspecified atom stereocenters. The number of hydrogen-bond acceptors (Lipinski definition) is 3. The van der Waals surface area contributed by atoms with Crippen molar-refractivity contribution < 1.29 is 14.3 Å². The lowest BCUT2D eigenvalue weighted by molar-refractivity contribution is 0.0527. The summed E-state index contributed by atoms with van der Waals surface area (Å²) in [7, 11) is 0. The number of aryl methyl sites for hydroxylation is 1. The Morgan fingerprint density at radius 3 is 2.31 bits per heavy atom. The largest absolute Gasteiger partial charge is 0.444 e. The molecule has 148 valence electrons. The molecule has 4 heteroatoms. The Hall–Kier alpha value is -1.84. The van der Waals surface area contributed by atoms with Crippen molar-refractivity contribution in [2.24, 2.45) is 5.92 Å². The van der Waals surface area contributed by atoms with Crippen molar-refractivity contribution in [1.29, 1.82) is 0 Å². The second-order valence-electron chi connectivity index (χ2n) is 7.61. The number of carbonyl (C=O) groups is 2. The van der Waals surface area contributed by atoms with Crippen molar-refractivity contribution in [1.82, 2.24) is 5.32 Å². The molecule has 1 atom stereocenters. The number of nitrogens with one attached hydrogen (secondary N) is 1. The van der Waals surface area contributed by atoms with Gasteiger partial charge in [-0.15, -0.1) is 0 Å². The molecular weight excluding hydrogens is 326 g/mol. The number of alkyl carbamates (subject to hydrolysis) is 1.